The van der Waals surface area contributed by atoms with E-state index in [1.165, 1.54) is 4.80 Å². The van der Waals surface area contributed by atoms with Gasteiger partial charge in [-0.3, -0.25) is 0 Å². The lowest BCUT2D eigenvalue weighted by atomic mass is 10.0. The number of hydrogen-bond acceptors (Lipinski definition) is 6. The van der Waals surface area contributed by atoms with Crippen LogP contribution in [0.5, 0.6) is 0 Å². The molecular weight excluding hydrogens is 596 g/mol. The lowest BCUT2D eigenvalue weighted by Crippen LogP contribution is -2.32. The number of aryl methyl sites for hydroxylation is 2. The highest BCUT2D eigenvalue weighted by molar-refractivity contribution is 5.67. The van der Waals surface area contributed by atoms with Gasteiger partial charge in [-0.25, -0.2) is 4.98 Å². The smallest absolute Gasteiger partial charge is 0.356 e. The molecule has 2 saturated carbocycles. The molecule has 0 unspecified atom stereocenters. The molecule has 2 aromatic heterocycles. The van der Waals surface area contributed by atoms with Crippen LogP contribution in [0.3, 0.4) is 0 Å². The standard InChI is InChI=1S/C32H33F6N7/c1-20-12-25(29(39-28(20)24-6-4-3-5-7-24)44(16-21-8-9-21)17-22-10-11-22)19-45(30-40-42-43(2)41-30)18-23-13-26(31(33,34)35)15-27(14-23)32(36,37)38/h3-7,12-15,21-22H,8-11,16-19H2,1-2H3. The summed E-state index contributed by atoms with van der Waals surface area (Å²) in [4.78, 5) is 10.3. The quantitative estimate of drug-likeness (QED) is 0.161. The average molecular weight is 630 g/mol. The number of anilines is 2. The molecule has 6 rings (SSSR count). The van der Waals surface area contributed by atoms with Gasteiger partial charge in [0.05, 0.1) is 23.9 Å². The summed E-state index contributed by atoms with van der Waals surface area (Å²) in [7, 11) is 1.54. The summed E-state index contributed by atoms with van der Waals surface area (Å²) >= 11 is 0. The highest BCUT2D eigenvalue weighted by atomic mass is 19.4. The summed E-state index contributed by atoms with van der Waals surface area (Å²) in [5, 5.41) is 12.2. The van der Waals surface area contributed by atoms with Gasteiger partial charge in [-0.05, 0) is 85.0 Å². The number of rotatable bonds is 11. The van der Waals surface area contributed by atoms with Crippen LogP contribution in [0.25, 0.3) is 11.3 Å². The predicted molar refractivity (Wildman–Crippen MR) is 157 cm³/mol. The van der Waals surface area contributed by atoms with Gasteiger partial charge in [-0.15, -0.1) is 5.10 Å². The van der Waals surface area contributed by atoms with Crippen molar-refractivity contribution in [2.24, 2.45) is 18.9 Å². The number of halogens is 6. The molecule has 0 bridgehead atoms. The van der Waals surface area contributed by atoms with E-state index in [9.17, 15) is 26.3 Å². The zero-order valence-electron chi connectivity index (χ0n) is 24.9. The minimum absolute atomic E-state index is 0.0788. The first-order valence-electron chi connectivity index (χ1n) is 14.9. The number of hydrogen-bond donors (Lipinski definition) is 0. The highest BCUT2D eigenvalue weighted by Crippen LogP contribution is 2.39. The third kappa shape index (κ3) is 7.56. The lowest BCUT2D eigenvalue weighted by molar-refractivity contribution is -0.143. The van der Waals surface area contributed by atoms with Gasteiger partial charge < -0.3 is 9.80 Å². The maximum atomic E-state index is 13.7. The molecule has 0 radical (unpaired) electrons. The van der Waals surface area contributed by atoms with E-state index in [0.29, 0.717) is 11.8 Å². The molecule has 2 fully saturated rings. The van der Waals surface area contributed by atoms with Gasteiger partial charge >= 0.3 is 12.4 Å². The summed E-state index contributed by atoms with van der Waals surface area (Å²) in [6.07, 6.45) is -5.36. The first-order valence-corrected chi connectivity index (χ1v) is 14.9. The maximum absolute atomic E-state index is 13.7. The number of tetrazole rings is 1. The zero-order chi connectivity index (χ0) is 31.9. The topological polar surface area (TPSA) is 63.0 Å². The normalized spacial score (nSPS) is 15.4. The molecular formula is C32H33F6N7. The van der Waals surface area contributed by atoms with Crippen molar-refractivity contribution in [3.05, 3.63) is 82.4 Å². The van der Waals surface area contributed by atoms with E-state index in [0.717, 1.165) is 79.1 Å². The fourth-order valence-corrected chi connectivity index (χ4v) is 5.54. The second-order valence-electron chi connectivity index (χ2n) is 12.1. The Morgan fingerprint density at radius 3 is 1.91 bits per heavy atom. The number of benzene rings is 2. The Balaban J connectivity index is 1.43. The predicted octanol–water partition coefficient (Wildman–Crippen LogP) is 7.45. The van der Waals surface area contributed by atoms with Crippen molar-refractivity contribution in [2.75, 3.05) is 22.9 Å². The van der Waals surface area contributed by atoms with Gasteiger partial charge in [0.1, 0.15) is 5.82 Å². The van der Waals surface area contributed by atoms with Crippen molar-refractivity contribution in [3.63, 3.8) is 0 Å². The molecule has 0 saturated heterocycles. The summed E-state index contributed by atoms with van der Waals surface area (Å²) < 4.78 is 82.2. The summed E-state index contributed by atoms with van der Waals surface area (Å²) in [5.74, 6) is 1.95. The van der Waals surface area contributed by atoms with Crippen molar-refractivity contribution in [2.45, 2.75) is 58.0 Å². The highest BCUT2D eigenvalue weighted by Gasteiger charge is 2.37. The van der Waals surface area contributed by atoms with Crippen molar-refractivity contribution in [1.82, 2.24) is 25.2 Å². The van der Waals surface area contributed by atoms with Crippen LogP contribution in [-0.2, 0) is 32.5 Å². The minimum Gasteiger partial charge on any atom is -0.356 e. The van der Waals surface area contributed by atoms with Crippen molar-refractivity contribution < 1.29 is 26.3 Å². The van der Waals surface area contributed by atoms with Crippen LogP contribution in [0.2, 0.25) is 0 Å². The largest absolute Gasteiger partial charge is 0.416 e. The van der Waals surface area contributed by atoms with Gasteiger partial charge in [-0.2, -0.15) is 31.1 Å². The fourth-order valence-electron chi connectivity index (χ4n) is 5.54. The molecule has 0 N–H and O–H groups in total. The van der Waals surface area contributed by atoms with Gasteiger partial charge in [0.15, 0.2) is 0 Å². The SMILES string of the molecule is Cc1cc(CN(Cc2cc(C(F)(F)F)cc(C(F)(F)F)c2)c2nnn(C)n2)c(N(CC2CC2)CC2CC2)nc1-c1ccccc1. The molecule has 13 heteroatoms. The summed E-state index contributed by atoms with van der Waals surface area (Å²) in [6, 6.07) is 13.4. The average Bonchev–Trinajstić information content (AvgIpc) is 3.92. The van der Waals surface area contributed by atoms with Crippen LogP contribution in [0.15, 0.2) is 54.6 Å². The summed E-state index contributed by atoms with van der Waals surface area (Å²) in [6.45, 7) is 3.39. The van der Waals surface area contributed by atoms with E-state index < -0.39 is 23.5 Å². The molecule has 0 aliphatic heterocycles. The molecule has 2 aromatic carbocycles. The van der Waals surface area contributed by atoms with Crippen LogP contribution in [0.4, 0.5) is 38.1 Å². The fraction of sp³-hybridized carbons (Fsp3) is 0.438. The lowest BCUT2D eigenvalue weighted by Gasteiger charge is -2.30. The van der Waals surface area contributed by atoms with Crippen LogP contribution in [0, 0.1) is 18.8 Å². The number of nitrogens with zero attached hydrogens (tertiary/aromatic N) is 7. The molecule has 4 aromatic rings. The Morgan fingerprint density at radius 1 is 0.800 bits per heavy atom. The molecule has 2 aliphatic rings. The number of alkyl halides is 6. The van der Waals surface area contributed by atoms with Crippen LogP contribution < -0.4 is 9.80 Å². The Morgan fingerprint density at radius 2 is 1.40 bits per heavy atom. The Bertz CT molecular complexity index is 1600. The van der Waals surface area contributed by atoms with E-state index in [2.05, 4.69) is 20.3 Å². The van der Waals surface area contributed by atoms with Crippen LogP contribution in [-0.4, -0.2) is 38.3 Å². The second kappa shape index (κ2) is 12.0. The first-order chi connectivity index (χ1) is 21.3. The summed E-state index contributed by atoms with van der Waals surface area (Å²) in [5.41, 5.74) is 0.533. The van der Waals surface area contributed by atoms with Gasteiger partial charge in [0.2, 0.25) is 0 Å². The van der Waals surface area contributed by atoms with E-state index in [1.807, 2.05) is 43.3 Å². The molecule has 2 aliphatic carbocycles. The van der Waals surface area contributed by atoms with Gasteiger partial charge in [-0.1, -0.05) is 35.4 Å². The second-order valence-corrected chi connectivity index (χ2v) is 12.1. The van der Waals surface area contributed by atoms with Crippen molar-refractivity contribution in [3.8, 4) is 11.3 Å². The Kier molecular flexibility index (Phi) is 8.21. The molecule has 0 atom stereocenters. The third-order valence-corrected chi connectivity index (χ3v) is 8.13. The molecule has 0 amide bonds. The molecule has 238 valence electrons. The van der Waals surface area contributed by atoms with E-state index >= 15 is 0 Å². The maximum Gasteiger partial charge on any atom is 0.416 e. The van der Waals surface area contributed by atoms with Crippen LogP contribution >= 0.6 is 0 Å². The number of aromatic nitrogens is 5. The first kappa shape index (κ1) is 30.8. The molecule has 7 nitrogen and oxygen atoms in total. The van der Waals surface area contributed by atoms with Crippen LogP contribution in [0.1, 0.15) is 53.5 Å². The van der Waals surface area contributed by atoms with E-state index in [1.54, 1.807) is 11.9 Å². The minimum atomic E-state index is -4.96. The van der Waals surface area contributed by atoms with Gasteiger partial charge in [0, 0.05) is 37.3 Å². The zero-order valence-corrected chi connectivity index (χ0v) is 24.9. The van der Waals surface area contributed by atoms with Crippen molar-refractivity contribution >= 4 is 11.8 Å². The molecule has 0 spiro atoms. The monoisotopic (exact) mass is 629 g/mol. The van der Waals surface area contributed by atoms with Crippen molar-refractivity contribution in [1.29, 1.82) is 0 Å². The van der Waals surface area contributed by atoms with E-state index in [-0.39, 0.29) is 30.7 Å². The van der Waals surface area contributed by atoms with Gasteiger partial charge in [0.25, 0.3) is 5.95 Å². The van der Waals surface area contributed by atoms with E-state index in [4.69, 9.17) is 4.98 Å². The Labute approximate surface area is 256 Å². The number of pyridine rings is 1. The molecule has 2 heterocycles. The molecule has 45 heavy (non-hydrogen) atoms. The third-order valence-electron chi connectivity index (χ3n) is 8.13. The Hall–Kier alpha value is -4.16.